The molecule has 0 aliphatic heterocycles. The van der Waals surface area contributed by atoms with Crippen molar-refractivity contribution in [3.63, 3.8) is 0 Å². The van der Waals surface area contributed by atoms with Crippen LogP contribution in [0, 0.1) is 17.8 Å². The Balaban J connectivity index is 0. The number of alkyl halides is 3. The van der Waals surface area contributed by atoms with Crippen molar-refractivity contribution >= 4 is 11.6 Å². The van der Waals surface area contributed by atoms with Crippen LogP contribution in [-0.2, 0) is 9.59 Å². The Morgan fingerprint density at radius 1 is 1.40 bits per heavy atom. The molecule has 6 heteroatoms. The van der Waals surface area contributed by atoms with E-state index in [1.807, 2.05) is 0 Å². The van der Waals surface area contributed by atoms with Crippen LogP contribution >= 0.6 is 0 Å². The fourth-order valence-electron chi connectivity index (χ4n) is 1.96. The van der Waals surface area contributed by atoms with Gasteiger partial charge in [-0.3, -0.25) is 9.59 Å². The van der Waals surface area contributed by atoms with Crippen molar-refractivity contribution in [3.8, 4) is 0 Å². The molecule has 0 heterocycles. The molecule has 0 spiro atoms. The van der Waals surface area contributed by atoms with Crippen molar-refractivity contribution in [2.75, 3.05) is 0 Å². The second kappa shape index (κ2) is 4.97. The summed E-state index contributed by atoms with van der Waals surface area (Å²) < 4.78 is 36.2. The summed E-state index contributed by atoms with van der Waals surface area (Å²) in [7, 11) is 0. The van der Waals surface area contributed by atoms with Crippen LogP contribution in [0.2, 0.25) is 0 Å². The van der Waals surface area contributed by atoms with Crippen LogP contribution in [0.25, 0.3) is 0 Å². The Labute approximate surface area is 109 Å². The predicted molar refractivity (Wildman–Crippen MR) is 43.6 cm³/mol. The summed E-state index contributed by atoms with van der Waals surface area (Å²) in [6.45, 7) is 3.07. The van der Waals surface area contributed by atoms with Crippen molar-refractivity contribution in [1.82, 2.24) is 0 Å². The third kappa shape index (κ3) is 3.04. The van der Waals surface area contributed by atoms with E-state index in [0.717, 1.165) is 0 Å². The molecular weight excluding hydrogens is 220 g/mol. The van der Waals surface area contributed by atoms with Crippen molar-refractivity contribution < 1.29 is 53.7 Å². The van der Waals surface area contributed by atoms with E-state index >= 15 is 0 Å². The number of halogens is 3. The SMILES string of the molecule is CC1CC(C)C(C(=O)C(F)(F)F)C1=O.[H-].[Na+]. The van der Waals surface area contributed by atoms with Gasteiger partial charge in [0.25, 0.3) is 0 Å². The molecule has 0 bridgehead atoms. The third-order valence-corrected chi connectivity index (χ3v) is 2.65. The van der Waals surface area contributed by atoms with Crippen molar-refractivity contribution in [1.29, 1.82) is 0 Å². The largest absolute Gasteiger partial charge is 1.00 e. The topological polar surface area (TPSA) is 34.1 Å². The fourth-order valence-corrected chi connectivity index (χ4v) is 1.96. The molecule has 1 aliphatic carbocycles. The first-order valence-corrected chi connectivity index (χ1v) is 4.40. The Kier molecular flexibility index (Phi) is 5.02. The van der Waals surface area contributed by atoms with E-state index in [-0.39, 0.29) is 31.0 Å². The van der Waals surface area contributed by atoms with E-state index in [1.165, 1.54) is 6.92 Å². The molecule has 1 fully saturated rings. The molecule has 1 rings (SSSR count). The molecule has 0 aromatic heterocycles. The van der Waals surface area contributed by atoms with Gasteiger partial charge in [-0.1, -0.05) is 13.8 Å². The zero-order valence-electron chi connectivity index (χ0n) is 9.89. The van der Waals surface area contributed by atoms with Gasteiger partial charge in [0, 0.05) is 5.92 Å². The van der Waals surface area contributed by atoms with Crippen LogP contribution in [0.4, 0.5) is 13.2 Å². The van der Waals surface area contributed by atoms with E-state index in [0.29, 0.717) is 6.42 Å². The second-order valence-electron chi connectivity index (χ2n) is 3.86. The molecule has 1 saturated carbocycles. The minimum atomic E-state index is -4.89. The number of Topliss-reactive ketones (excluding diaryl/α,β-unsaturated/α-hetero) is 2. The summed E-state index contributed by atoms with van der Waals surface area (Å²) in [4.78, 5) is 22.2. The number of hydrogen-bond acceptors (Lipinski definition) is 2. The molecule has 1 aliphatic rings. The molecule has 15 heavy (non-hydrogen) atoms. The van der Waals surface area contributed by atoms with Crippen molar-refractivity contribution in [2.24, 2.45) is 17.8 Å². The number of rotatable bonds is 1. The van der Waals surface area contributed by atoms with Gasteiger partial charge in [0.05, 0.1) is 5.92 Å². The monoisotopic (exact) mass is 232 g/mol. The smallest absolute Gasteiger partial charge is 1.00 e. The molecule has 0 aromatic rings. The number of hydrogen-bond donors (Lipinski definition) is 0. The van der Waals surface area contributed by atoms with E-state index < -0.39 is 35.5 Å². The third-order valence-electron chi connectivity index (χ3n) is 2.65. The van der Waals surface area contributed by atoms with Gasteiger partial charge in [0.1, 0.15) is 5.78 Å². The van der Waals surface area contributed by atoms with E-state index in [9.17, 15) is 22.8 Å². The molecule has 0 saturated heterocycles. The second-order valence-corrected chi connectivity index (χ2v) is 3.86. The number of ketones is 2. The maximum Gasteiger partial charge on any atom is 1.00 e. The summed E-state index contributed by atoms with van der Waals surface area (Å²) in [5, 5.41) is 0. The molecule has 3 atom stereocenters. The number of carbonyl (C=O) groups excluding carboxylic acids is 2. The first-order valence-electron chi connectivity index (χ1n) is 4.40. The molecule has 3 unspecified atom stereocenters. The normalized spacial score (nSPS) is 31.3. The van der Waals surface area contributed by atoms with Gasteiger partial charge in [-0.2, -0.15) is 13.2 Å². The Morgan fingerprint density at radius 2 is 1.87 bits per heavy atom. The molecule has 0 amide bonds. The van der Waals surface area contributed by atoms with Crippen molar-refractivity contribution in [2.45, 2.75) is 26.4 Å². The molecule has 2 nitrogen and oxygen atoms in total. The van der Waals surface area contributed by atoms with Crippen LogP contribution in [0.3, 0.4) is 0 Å². The predicted octanol–water partition coefficient (Wildman–Crippen LogP) is -0.904. The minimum Gasteiger partial charge on any atom is -1.00 e. The fraction of sp³-hybridized carbons (Fsp3) is 0.778. The van der Waals surface area contributed by atoms with Gasteiger partial charge in [0.2, 0.25) is 5.78 Å². The van der Waals surface area contributed by atoms with Crippen LogP contribution < -0.4 is 29.6 Å². The molecule has 0 N–H and O–H groups in total. The van der Waals surface area contributed by atoms with Gasteiger partial charge in [-0.05, 0) is 12.3 Å². The van der Waals surface area contributed by atoms with Crippen molar-refractivity contribution in [3.05, 3.63) is 0 Å². The van der Waals surface area contributed by atoms with Gasteiger partial charge in [0.15, 0.2) is 0 Å². The van der Waals surface area contributed by atoms with Crippen LogP contribution in [0.5, 0.6) is 0 Å². The average molecular weight is 232 g/mol. The summed E-state index contributed by atoms with van der Waals surface area (Å²) in [5.74, 6) is -4.85. The van der Waals surface area contributed by atoms with Crippen LogP contribution in [-0.4, -0.2) is 17.7 Å². The first-order chi connectivity index (χ1) is 6.25. The summed E-state index contributed by atoms with van der Waals surface area (Å²) in [5.41, 5.74) is 0. The van der Waals surface area contributed by atoms with Gasteiger partial charge in [-0.15, -0.1) is 0 Å². The summed E-state index contributed by atoms with van der Waals surface area (Å²) in [6.07, 6.45) is -4.52. The van der Waals surface area contributed by atoms with Crippen LogP contribution in [0.15, 0.2) is 0 Å². The average Bonchev–Trinajstić information content (AvgIpc) is 2.24. The molecule has 0 radical (unpaired) electrons. The Bertz CT molecular complexity index is 280. The van der Waals surface area contributed by atoms with Crippen LogP contribution in [0.1, 0.15) is 21.7 Å². The molecule has 0 aromatic carbocycles. The van der Waals surface area contributed by atoms with E-state index in [2.05, 4.69) is 0 Å². The summed E-state index contributed by atoms with van der Waals surface area (Å²) in [6, 6.07) is 0. The molecule has 82 valence electrons. The summed E-state index contributed by atoms with van der Waals surface area (Å²) >= 11 is 0. The van der Waals surface area contributed by atoms with E-state index in [4.69, 9.17) is 0 Å². The standard InChI is InChI=1S/C9H11F3O2.Na.H/c1-4-3-5(2)7(13)6(4)8(14)9(10,11)12;;/h4-6H,3H2,1-2H3;;/q;+1;-1. The van der Waals surface area contributed by atoms with E-state index in [1.54, 1.807) is 6.92 Å². The van der Waals surface area contributed by atoms with Gasteiger partial charge in [-0.25, -0.2) is 0 Å². The zero-order valence-corrected chi connectivity index (χ0v) is 10.9. The number of carbonyl (C=O) groups is 2. The van der Waals surface area contributed by atoms with Gasteiger partial charge < -0.3 is 1.43 Å². The first kappa shape index (κ1) is 15.1. The quantitative estimate of drug-likeness (QED) is 0.433. The Morgan fingerprint density at radius 3 is 2.13 bits per heavy atom. The maximum atomic E-state index is 12.1. The molecular formula is C9H12F3NaO2. The van der Waals surface area contributed by atoms with Gasteiger partial charge >= 0.3 is 35.7 Å². The zero-order chi connectivity index (χ0) is 11.1. The minimum absolute atomic E-state index is 0. The Hall–Kier alpha value is 0.130. The maximum absolute atomic E-state index is 12.1.